The quantitative estimate of drug-likeness (QED) is 0.416. The molecule has 4 aliphatic rings. The standard InChI is InChI=1S/C30H37Cl2N7O/c1-2-13-37-17-18-39(19-22(37)8-12-33)28-23-9-16-38(26-7-5-6-24(31)27(26)32)20-25(23)34-29(35-28)40-30(10-11-30)21-36-14-3-4-15-36/h2,5-7,13,22H,3-4,8-11,14-21H2,1H3. The molecule has 1 aromatic heterocycles. The van der Waals surface area contributed by atoms with Crippen molar-refractivity contribution >= 4 is 34.7 Å². The number of aromatic nitrogens is 2. The molecule has 10 heteroatoms. The molecule has 0 spiro atoms. The third-order valence-electron chi connectivity index (χ3n) is 8.62. The molecule has 1 aromatic carbocycles. The monoisotopic (exact) mass is 581 g/mol. The van der Waals surface area contributed by atoms with Crippen molar-refractivity contribution in [3.8, 4) is 12.1 Å². The zero-order valence-corrected chi connectivity index (χ0v) is 24.7. The molecule has 212 valence electrons. The van der Waals surface area contributed by atoms with Crippen LogP contribution < -0.4 is 14.5 Å². The van der Waals surface area contributed by atoms with Crippen LogP contribution in [-0.2, 0) is 13.0 Å². The van der Waals surface area contributed by atoms with E-state index in [1.165, 1.54) is 18.4 Å². The molecule has 0 radical (unpaired) electrons. The average molecular weight is 583 g/mol. The van der Waals surface area contributed by atoms with E-state index in [1.54, 1.807) is 0 Å². The lowest BCUT2D eigenvalue weighted by molar-refractivity contribution is 0.115. The molecule has 0 N–H and O–H groups in total. The van der Waals surface area contributed by atoms with Crippen LogP contribution in [0.4, 0.5) is 11.5 Å². The normalized spacial score (nSPS) is 22.4. The summed E-state index contributed by atoms with van der Waals surface area (Å²) >= 11 is 13.0. The Kier molecular flexibility index (Phi) is 7.98. The Morgan fingerprint density at radius 2 is 1.93 bits per heavy atom. The number of anilines is 2. The van der Waals surface area contributed by atoms with Gasteiger partial charge >= 0.3 is 6.01 Å². The second-order valence-corrected chi connectivity index (χ2v) is 12.2. The molecule has 40 heavy (non-hydrogen) atoms. The number of fused-ring (bicyclic) bond motifs is 1. The highest BCUT2D eigenvalue weighted by molar-refractivity contribution is 6.43. The van der Waals surface area contributed by atoms with E-state index in [4.69, 9.17) is 37.9 Å². The van der Waals surface area contributed by atoms with Crippen LogP contribution in [0.25, 0.3) is 0 Å². The highest BCUT2D eigenvalue weighted by Crippen LogP contribution is 2.42. The first-order valence-corrected chi connectivity index (χ1v) is 15.2. The van der Waals surface area contributed by atoms with Crippen molar-refractivity contribution in [2.24, 2.45) is 0 Å². The molecule has 3 fully saturated rings. The Morgan fingerprint density at radius 1 is 1.10 bits per heavy atom. The maximum absolute atomic E-state index is 9.53. The van der Waals surface area contributed by atoms with Gasteiger partial charge in [-0.2, -0.15) is 15.2 Å². The van der Waals surface area contributed by atoms with Crippen molar-refractivity contribution in [2.75, 3.05) is 55.6 Å². The van der Waals surface area contributed by atoms with E-state index < -0.39 is 0 Å². The van der Waals surface area contributed by atoms with E-state index in [1.807, 2.05) is 31.2 Å². The van der Waals surface area contributed by atoms with Crippen molar-refractivity contribution in [3.63, 3.8) is 0 Å². The largest absolute Gasteiger partial charge is 0.455 e. The highest BCUT2D eigenvalue weighted by atomic mass is 35.5. The van der Waals surface area contributed by atoms with Crippen molar-refractivity contribution < 1.29 is 4.74 Å². The van der Waals surface area contributed by atoms with E-state index in [0.717, 1.165) is 82.3 Å². The first-order chi connectivity index (χ1) is 19.5. The van der Waals surface area contributed by atoms with Crippen LogP contribution in [0.3, 0.4) is 0 Å². The van der Waals surface area contributed by atoms with Gasteiger partial charge in [0.15, 0.2) is 0 Å². The predicted molar refractivity (Wildman–Crippen MR) is 159 cm³/mol. The fourth-order valence-electron chi connectivity index (χ4n) is 6.35. The van der Waals surface area contributed by atoms with Crippen molar-refractivity contribution in [1.82, 2.24) is 19.8 Å². The van der Waals surface area contributed by atoms with E-state index in [0.29, 0.717) is 29.0 Å². The summed E-state index contributed by atoms with van der Waals surface area (Å²) < 4.78 is 6.66. The summed E-state index contributed by atoms with van der Waals surface area (Å²) in [7, 11) is 0. The van der Waals surface area contributed by atoms with Crippen LogP contribution in [0.5, 0.6) is 6.01 Å². The van der Waals surface area contributed by atoms with Crippen LogP contribution in [0, 0.1) is 11.3 Å². The Labute approximate surface area is 247 Å². The van der Waals surface area contributed by atoms with Gasteiger partial charge in [-0.3, -0.25) is 4.90 Å². The highest BCUT2D eigenvalue weighted by Gasteiger charge is 2.48. The van der Waals surface area contributed by atoms with Crippen molar-refractivity contribution in [1.29, 1.82) is 5.26 Å². The zero-order chi connectivity index (χ0) is 27.7. The van der Waals surface area contributed by atoms with Crippen LogP contribution in [0.2, 0.25) is 10.0 Å². The smallest absolute Gasteiger partial charge is 0.319 e. The first-order valence-electron chi connectivity index (χ1n) is 14.5. The molecule has 0 bridgehead atoms. The number of allylic oxidation sites excluding steroid dienone is 1. The van der Waals surface area contributed by atoms with Crippen LogP contribution in [0.15, 0.2) is 30.5 Å². The van der Waals surface area contributed by atoms with Gasteiger partial charge in [0.25, 0.3) is 0 Å². The third-order valence-corrected chi connectivity index (χ3v) is 9.42. The van der Waals surface area contributed by atoms with Gasteiger partial charge in [-0.1, -0.05) is 35.3 Å². The number of rotatable bonds is 8. The van der Waals surface area contributed by atoms with Gasteiger partial charge in [0.1, 0.15) is 11.4 Å². The minimum atomic E-state index is -0.186. The lowest BCUT2D eigenvalue weighted by Crippen LogP contribution is -2.51. The lowest BCUT2D eigenvalue weighted by atomic mass is 10.0. The molecule has 4 heterocycles. The number of benzene rings is 1. The lowest BCUT2D eigenvalue weighted by Gasteiger charge is -2.42. The molecular weight excluding hydrogens is 545 g/mol. The molecule has 2 saturated heterocycles. The molecule has 2 aromatic rings. The Hall–Kier alpha value is -2.73. The van der Waals surface area contributed by atoms with Crippen LogP contribution in [-0.4, -0.2) is 77.2 Å². The van der Waals surface area contributed by atoms with Gasteiger partial charge in [-0.05, 0) is 70.5 Å². The number of ether oxygens (including phenoxy) is 1. The number of halogens is 2. The molecular formula is C30H37Cl2N7O. The predicted octanol–water partition coefficient (Wildman–Crippen LogP) is 5.29. The van der Waals surface area contributed by atoms with Gasteiger partial charge in [0, 0.05) is 38.3 Å². The summed E-state index contributed by atoms with van der Waals surface area (Å²) in [5.74, 6) is 0.955. The SMILES string of the molecule is CC=CN1CCN(c2nc(OC3(CN4CCCC4)CC3)nc3c2CCN(c2cccc(Cl)c2Cl)C3)CC1CC#N. The molecule has 8 nitrogen and oxygen atoms in total. The maximum atomic E-state index is 9.53. The van der Waals surface area contributed by atoms with Gasteiger partial charge in [-0.25, -0.2) is 0 Å². The first kappa shape index (κ1) is 27.4. The minimum Gasteiger partial charge on any atom is -0.455 e. The van der Waals surface area contributed by atoms with E-state index in [-0.39, 0.29) is 11.6 Å². The summed E-state index contributed by atoms with van der Waals surface area (Å²) in [4.78, 5) is 19.5. The number of nitrogens with zero attached hydrogens (tertiary/aromatic N) is 7. The number of hydrogen-bond acceptors (Lipinski definition) is 8. The molecule has 1 saturated carbocycles. The van der Waals surface area contributed by atoms with E-state index in [9.17, 15) is 5.26 Å². The minimum absolute atomic E-state index is 0.111. The van der Waals surface area contributed by atoms with Gasteiger partial charge in [0.2, 0.25) is 0 Å². The second kappa shape index (κ2) is 11.6. The van der Waals surface area contributed by atoms with Gasteiger partial charge < -0.3 is 19.4 Å². The zero-order valence-electron chi connectivity index (χ0n) is 23.2. The summed E-state index contributed by atoms with van der Waals surface area (Å²) in [5.41, 5.74) is 2.88. The third kappa shape index (κ3) is 5.70. The van der Waals surface area contributed by atoms with Crippen LogP contribution in [0.1, 0.15) is 50.3 Å². The Balaban J connectivity index is 1.32. The molecule has 3 aliphatic heterocycles. The summed E-state index contributed by atoms with van der Waals surface area (Å²) in [6, 6.07) is 8.74. The molecule has 1 unspecified atom stereocenters. The summed E-state index contributed by atoms with van der Waals surface area (Å²) in [6.45, 7) is 9.08. The second-order valence-electron chi connectivity index (χ2n) is 11.5. The fourth-order valence-corrected chi connectivity index (χ4v) is 6.76. The maximum Gasteiger partial charge on any atom is 0.319 e. The number of nitriles is 1. The average Bonchev–Trinajstić information content (AvgIpc) is 3.50. The molecule has 1 atom stereocenters. The van der Waals surface area contributed by atoms with E-state index in [2.05, 4.69) is 31.9 Å². The Morgan fingerprint density at radius 3 is 2.67 bits per heavy atom. The number of likely N-dealkylation sites (tertiary alicyclic amines) is 1. The fraction of sp³-hybridized carbons (Fsp3) is 0.567. The summed E-state index contributed by atoms with van der Waals surface area (Å²) in [6.07, 6.45) is 10.0. The summed E-state index contributed by atoms with van der Waals surface area (Å²) in [5, 5.41) is 10.7. The van der Waals surface area contributed by atoms with Crippen LogP contribution >= 0.6 is 23.2 Å². The topological polar surface area (TPSA) is 71.8 Å². The molecule has 1 aliphatic carbocycles. The number of hydrogen-bond donors (Lipinski definition) is 0. The number of piperazine rings is 1. The van der Waals surface area contributed by atoms with Crippen molar-refractivity contribution in [2.45, 2.75) is 63.6 Å². The van der Waals surface area contributed by atoms with E-state index >= 15 is 0 Å². The molecule has 0 amide bonds. The van der Waals surface area contributed by atoms with Gasteiger partial charge in [0.05, 0.1) is 46.5 Å². The van der Waals surface area contributed by atoms with Gasteiger partial charge in [-0.15, -0.1) is 0 Å². The Bertz CT molecular complexity index is 1300. The molecule has 6 rings (SSSR count). The van der Waals surface area contributed by atoms with Crippen molar-refractivity contribution in [3.05, 3.63) is 51.8 Å².